The standard InChI is InChI=1S/C20H21ClN2O4S/c1-20(2)7-6-12-8-14(4-5-17(12)26-20)25-11-13-9-18-15(10-16(13)21)19(22-27-18)23-28(3)24/h4-5,8-10H,6-7,11H2,1-3H3,(H,22,23). The van der Waals surface area contributed by atoms with Gasteiger partial charge in [-0.15, -0.1) is 0 Å². The molecule has 1 atom stereocenters. The lowest BCUT2D eigenvalue weighted by molar-refractivity contribution is 0.0844. The molecule has 6 nitrogen and oxygen atoms in total. The minimum Gasteiger partial charge on any atom is -0.489 e. The Morgan fingerprint density at radius 2 is 2.14 bits per heavy atom. The molecule has 0 saturated carbocycles. The minimum absolute atomic E-state index is 0.131. The van der Waals surface area contributed by atoms with Gasteiger partial charge in [-0.2, -0.15) is 0 Å². The minimum atomic E-state index is -1.25. The van der Waals surface area contributed by atoms with Crippen LogP contribution in [0.2, 0.25) is 5.02 Å². The molecule has 0 spiro atoms. The van der Waals surface area contributed by atoms with Crippen LogP contribution in [0.5, 0.6) is 11.5 Å². The van der Waals surface area contributed by atoms with Crippen LogP contribution in [0.25, 0.3) is 11.0 Å². The van der Waals surface area contributed by atoms with E-state index in [1.165, 1.54) is 6.26 Å². The predicted molar refractivity (Wildman–Crippen MR) is 111 cm³/mol. The zero-order chi connectivity index (χ0) is 19.9. The lowest BCUT2D eigenvalue weighted by Gasteiger charge is -2.32. The molecule has 2 heterocycles. The van der Waals surface area contributed by atoms with E-state index in [0.717, 1.165) is 35.5 Å². The summed E-state index contributed by atoms with van der Waals surface area (Å²) in [5.41, 5.74) is 2.35. The summed E-state index contributed by atoms with van der Waals surface area (Å²) < 4.78 is 31.4. The molecule has 1 aliphatic rings. The Balaban J connectivity index is 1.51. The Bertz CT molecular complexity index is 1060. The molecular formula is C20H21ClN2O4S. The Morgan fingerprint density at radius 1 is 1.32 bits per heavy atom. The van der Waals surface area contributed by atoms with Gasteiger partial charge in [0, 0.05) is 16.8 Å². The summed E-state index contributed by atoms with van der Waals surface area (Å²) in [7, 11) is -1.25. The van der Waals surface area contributed by atoms with E-state index in [1.807, 2.05) is 18.2 Å². The van der Waals surface area contributed by atoms with E-state index in [1.54, 1.807) is 12.1 Å². The molecule has 1 unspecified atom stereocenters. The molecule has 0 radical (unpaired) electrons. The van der Waals surface area contributed by atoms with Crippen LogP contribution in [0, 0.1) is 0 Å². The third-order valence-electron chi connectivity index (χ3n) is 4.69. The molecule has 2 aromatic carbocycles. The second kappa shape index (κ2) is 7.29. The van der Waals surface area contributed by atoms with Crippen LogP contribution in [0.15, 0.2) is 34.9 Å². The monoisotopic (exact) mass is 420 g/mol. The number of nitrogens with zero attached hydrogens (tertiary/aromatic N) is 1. The van der Waals surface area contributed by atoms with Gasteiger partial charge in [-0.25, -0.2) is 4.21 Å². The third-order valence-corrected chi connectivity index (χ3v) is 5.52. The highest BCUT2D eigenvalue weighted by molar-refractivity contribution is 7.85. The first kappa shape index (κ1) is 19.1. The van der Waals surface area contributed by atoms with Gasteiger partial charge in [0.05, 0.1) is 5.39 Å². The highest BCUT2D eigenvalue weighted by Gasteiger charge is 2.26. The van der Waals surface area contributed by atoms with Crippen molar-refractivity contribution in [3.8, 4) is 11.5 Å². The molecule has 3 aromatic rings. The van der Waals surface area contributed by atoms with E-state index in [2.05, 4.69) is 23.7 Å². The van der Waals surface area contributed by atoms with E-state index >= 15 is 0 Å². The second-order valence-corrected chi connectivity index (χ2v) is 8.97. The van der Waals surface area contributed by atoms with Crippen molar-refractivity contribution in [2.75, 3.05) is 11.0 Å². The number of aryl methyl sites for hydroxylation is 1. The number of anilines is 1. The summed E-state index contributed by atoms with van der Waals surface area (Å²) in [6.45, 7) is 4.49. The fourth-order valence-corrected chi connectivity index (χ4v) is 3.84. The Morgan fingerprint density at radius 3 is 2.93 bits per heavy atom. The van der Waals surface area contributed by atoms with Crippen molar-refractivity contribution in [1.82, 2.24) is 5.16 Å². The molecule has 1 aliphatic heterocycles. The maximum absolute atomic E-state index is 11.4. The predicted octanol–water partition coefficient (Wildman–Crippen LogP) is 4.87. The van der Waals surface area contributed by atoms with Crippen LogP contribution in [-0.2, 0) is 24.0 Å². The Labute approximate surface area is 170 Å². The average molecular weight is 421 g/mol. The molecule has 4 rings (SSSR count). The van der Waals surface area contributed by atoms with Gasteiger partial charge in [-0.1, -0.05) is 16.8 Å². The van der Waals surface area contributed by atoms with Gasteiger partial charge in [0.2, 0.25) is 0 Å². The lowest BCUT2D eigenvalue weighted by atomic mass is 9.94. The number of fused-ring (bicyclic) bond motifs is 2. The summed E-state index contributed by atoms with van der Waals surface area (Å²) >= 11 is 6.41. The van der Waals surface area contributed by atoms with Gasteiger partial charge in [-0.3, -0.25) is 4.72 Å². The molecule has 1 aromatic heterocycles. The summed E-state index contributed by atoms with van der Waals surface area (Å²) in [4.78, 5) is 0. The topological polar surface area (TPSA) is 73.6 Å². The van der Waals surface area contributed by atoms with E-state index in [0.29, 0.717) is 28.4 Å². The fraction of sp³-hybridized carbons (Fsp3) is 0.350. The zero-order valence-corrected chi connectivity index (χ0v) is 17.4. The molecule has 8 heteroatoms. The van der Waals surface area contributed by atoms with Gasteiger partial charge in [0.25, 0.3) is 0 Å². The van der Waals surface area contributed by atoms with Crippen molar-refractivity contribution in [3.63, 3.8) is 0 Å². The molecule has 0 saturated heterocycles. The highest BCUT2D eigenvalue weighted by Crippen LogP contribution is 2.36. The number of halogens is 1. The van der Waals surface area contributed by atoms with Crippen molar-refractivity contribution in [2.45, 2.75) is 38.9 Å². The summed E-state index contributed by atoms with van der Waals surface area (Å²) in [5.74, 6) is 2.08. The first-order valence-corrected chi connectivity index (χ1v) is 10.9. The van der Waals surface area contributed by atoms with Crippen molar-refractivity contribution in [2.24, 2.45) is 0 Å². The molecule has 0 amide bonds. The molecule has 0 fully saturated rings. The van der Waals surface area contributed by atoms with Gasteiger partial charge < -0.3 is 14.0 Å². The van der Waals surface area contributed by atoms with Crippen LogP contribution in [-0.4, -0.2) is 21.2 Å². The lowest BCUT2D eigenvalue weighted by Crippen LogP contribution is -2.32. The van der Waals surface area contributed by atoms with Crippen molar-refractivity contribution in [3.05, 3.63) is 46.5 Å². The van der Waals surface area contributed by atoms with Gasteiger partial charge >= 0.3 is 0 Å². The highest BCUT2D eigenvalue weighted by atomic mass is 35.5. The number of aromatic nitrogens is 1. The first-order chi connectivity index (χ1) is 13.3. The Kier molecular flexibility index (Phi) is 4.97. The second-order valence-electron chi connectivity index (χ2n) is 7.45. The van der Waals surface area contributed by atoms with Crippen LogP contribution in [0.1, 0.15) is 31.4 Å². The van der Waals surface area contributed by atoms with Crippen LogP contribution >= 0.6 is 11.6 Å². The molecule has 148 valence electrons. The number of nitrogens with one attached hydrogen (secondary N) is 1. The quantitative estimate of drug-likeness (QED) is 0.637. The van der Waals surface area contributed by atoms with Crippen LogP contribution < -0.4 is 14.2 Å². The van der Waals surface area contributed by atoms with E-state index in [4.69, 9.17) is 25.6 Å². The van der Waals surface area contributed by atoms with Crippen molar-refractivity contribution >= 4 is 39.4 Å². The third kappa shape index (κ3) is 3.95. The summed E-state index contributed by atoms with van der Waals surface area (Å²) in [5, 5.41) is 5.11. The fourth-order valence-electron chi connectivity index (χ4n) is 3.21. The SMILES string of the molecule is CS(=O)Nc1noc2cc(COc3ccc4c(c3)CCC(C)(C)O4)c(Cl)cc12. The van der Waals surface area contributed by atoms with E-state index < -0.39 is 11.0 Å². The largest absolute Gasteiger partial charge is 0.489 e. The van der Waals surface area contributed by atoms with Crippen LogP contribution in [0.4, 0.5) is 5.82 Å². The number of rotatable bonds is 5. The molecule has 1 N–H and O–H groups in total. The zero-order valence-electron chi connectivity index (χ0n) is 15.9. The summed E-state index contributed by atoms with van der Waals surface area (Å²) in [6.07, 6.45) is 3.45. The van der Waals surface area contributed by atoms with E-state index in [-0.39, 0.29) is 5.60 Å². The molecule has 28 heavy (non-hydrogen) atoms. The maximum Gasteiger partial charge on any atom is 0.189 e. The Hall–Kier alpha value is -2.25. The van der Waals surface area contributed by atoms with Crippen molar-refractivity contribution < 1.29 is 18.2 Å². The summed E-state index contributed by atoms with van der Waals surface area (Å²) in [6, 6.07) is 9.40. The number of hydrogen-bond donors (Lipinski definition) is 1. The smallest absolute Gasteiger partial charge is 0.189 e. The van der Waals surface area contributed by atoms with Gasteiger partial charge in [0.1, 0.15) is 34.7 Å². The van der Waals surface area contributed by atoms with Crippen molar-refractivity contribution in [1.29, 1.82) is 0 Å². The number of ether oxygens (including phenoxy) is 2. The first-order valence-electron chi connectivity index (χ1n) is 8.93. The molecular weight excluding hydrogens is 400 g/mol. The maximum atomic E-state index is 11.4. The van der Waals surface area contributed by atoms with E-state index in [9.17, 15) is 4.21 Å². The molecule has 0 aliphatic carbocycles. The molecule has 0 bridgehead atoms. The van der Waals surface area contributed by atoms with Gasteiger partial charge in [-0.05, 0) is 62.6 Å². The van der Waals surface area contributed by atoms with Gasteiger partial charge in [0.15, 0.2) is 11.4 Å². The normalized spacial score (nSPS) is 16.3. The average Bonchev–Trinajstić information content (AvgIpc) is 3.00. The van der Waals surface area contributed by atoms with Crippen LogP contribution in [0.3, 0.4) is 0 Å². The number of benzene rings is 2. The number of hydrogen-bond acceptors (Lipinski definition) is 5.